The highest BCUT2D eigenvalue weighted by Gasteiger charge is 2.05. The molecule has 0 atom stereocenters. The number of halogens is 1. The lowest BCUT2D eigenvalue weighted by molar-refractivity contribution is -0.121. The molecule has 150 valence electrons. The highest BCUT2D eigenvalue weighted by Crippen LogP contribution is 2.23. The second kappa shape index (κ2) is 10.5. The van der Waals surface area contributed by atoms with E-state index in [0.717, 1.165) is 16.9 Å². The van der Waals surface area contributed by atoms with Gasteiger partial charge in [0.05, 0.1) is 6.61 Å². The van der Waals surface area contributed by atoms with Gasteiger partial charge in [-0.05, 0) is 66.9 Å². The summed E-state index contributed by atoms with van der Waals surface area (Å²) in [7, 11) is 0. The van der Waals surface area contributed by atoms with Gasteiger partial charge in [0.2, 0.25) is 11.8 Å². The number of hydrogen-bond donors (Lipinski definition) is 1. The van der Waals surface area contributed by atoms with E-state index in [9.17, 15) is 4.79 Å². The van der Waals surface area contributed by atoms with Crippen LogP contribution in [0.2, 0.25) is 5.02 Å². The molecule has 1 aromatic heterocycles. The summed E-state index contributed by atoms with van der Waals surface area (Å²) in [5.74, 6) is 1.92. The second-order valence-corrected chi connectivity index (χ2v) is 6.85. The summed E-state index contributed by atoms with van der Waals surface area (Å²) in [6.45, 7) is 2.97. The number of nitrogens with one attached hydrogen (secondary N) is 1. The third-order valence-corrected chi connectivity index (χ3v) is 4.41. The number of hydrogen-bond acceptors (Lipinski definition) is 4. The zero-order valence-electron chi connectivity index (χ0n) is 16.2. The summed E-state index contributed by atoms with van der Waals surface area (Å²) >= 11 is 5.97. The maximum atomic E-state index is 12.1. The Morgan fingerprint density at radius 2 is 1.83 bits per heavy atom. The van der Waals surface area contributed by atoms with Crippen LogP contribution in [0.1, 0.15) is 24.5 Å². The molecule has 0 aliphatic heterocycles. The number of carbonyl (C=O) groups is 1. The van der Waals surface area contributed by atoms with Gasteiger partial charge in [0.1, 0.15) is 11.5 Å². The molecule has 0 unspecified atom stereocenters. The number of aromatic nitrogens is 1. The van der Waals surface area contributed by atoms with Crippen molar-refractivity contribution in [3.8, 4) is 17.4 Å². The number of amides is 1. The van der Waals surface area contributed by atoms with Gasteiger partial charge in [-0.1, -0.05) is 23.7 Å². The fraction of sp³-hybridized carbons (Fsp3) is 0.217. The summed E-state index contributed by atoms with van der Waals surface area (Å²) in [6, 6.07) is 18.6. The van der Waals surface area contributed by atoms with E-state index in [1.807, 2.05) is 67.6 Å². The lowest BCUT2D eigenvalue weighted by atomic mass is 10.1. The van der Waals surface area contributed by atoms with Crippen molar-refractivity contribution in [2.24, 2.45) is 0 Å². The van der Waals surface area contributed by atoms with Gasteiger partial charge in [0.25, 0.3) is 0 Å². The van der Waals surface area contributed by atoms with Crippen LogP contribution in [-0.4, -0.2) is 17.5 Å². The Labute approximate surface area is 175 Å². The minimum absolute atomic E-state index is 0.0178. The van der Waals surface area contributed by atoms with Crippen LogP contribution < -0.4 is 14.8 Å². The van der Waals surface area contributed by atoms with Crippen molar-refractivity contribution < 1.29 is 14.3 Å². The number of rotatable bonds is 9. The summed E-state index contributed by atoms with van der Waals surface area (Å²) < 4.78 is 11.2. The number of carbonyl (C=O) groups excluding carboxylic acids is 1. The molecule has 1 amide bonds. The standard InChI is InChI=1S/C23H23ClN2O3/c1-2-28-20-7-9-21(10-8-20)29-23-15-18(12-13-25-23)16-26-22(27)11-6-17-4-3-5-19(24)14-17/h3-5,7-10,12-15H,2,6,11,16H2,1H3,(H,26,27). The minimum Gasteiger partial charge on any atom is -0.494 e. The van der Waals surface area contributed by atoms with E-state index >= 15 is 0 Å². The zero-order valence-corrected chi connectivity index (χ0v) is 17.0. The predicted octanol–water partition coefficient (Wildman–Crippen LogP) is 5.18. The molecule has 1 heterocycles. The molecule has 2 aromatic carbocycles. The molecule has 6 heteroatoms. The largest absolute Gasteiger partial charge is 0.494 e. The summed E-state index contributed by atoms with van der Waals surface area (Å²) in [5, 5.41) is 3.60. The topological polar surface area (TPSA) is 60.5 Å². The van der Waals surface area contributed by atoms with E-state index < -0.39 is 0 Å². The SMILES string of the molecule is CCOc1ccc(Oc2cc(CNC(=O)CCc3cccc(Cl)c3)ccn2)cc1. The maximum absolute atomic E-state index is 12.1. The average Bonchev–Trinajstić information content (AvgIpc) is 2.73. The monoisotopic (exact) mass is 410 g/mol. The van der Waals surface area contributed by atoms with Crippen LogP contribution in [0.3, 0.4) is 0 Å². The van der Waals surface area contributed by atoms with Crippen molar-refractivity contribution in [3.63, 3.8) is 0 Å². The summed E-state index contributed by atoms with van der Waals surface area (Å²) in [5.41, 5.74) is 1.96. The first-order chi connectivity index (χ1) is 14.1. The average molecular weight is 411 g/mol. The number of aryl methyl sites for hydroxylation is 1. The van der Waals surface area contributed by atoms with E-state index in [1.54, 1.807) is 6.20 Å². The fourth-order valence-corrected chi connectivity index (χ4v) is 2.96. The third-order valence-electron chi connectivity index (χ3n) is 4.18. The number of pyridine rings is 1. The minimum atomic E-state index is -0.0178. The molecule has 0 fully saturated rings. The molecule has 0 spiro atoms. The van der Waals surface area contributed by atoms with E-state index in [4.69, 9.17) is 21.1 Å². The Morgan fingerprint density at radius 1 is 1.03 bits per heavy atom. The fourth-order valence-electron chi connectivity index (χ4n) is 2.75. The van der Waals surface area contributed by atoms with Crippen molar-refractivity contribution in [2.45, 2.75) is 26.3 Å². The highest BCUT2D eigenvalue weighted by atomic mass is 35.5. The van der Waals surface area contributed by atoms with Gasteiger partial charge in [-0.25, -0.2) is 4.98 Å². The number of nitrogens with zero attached hydrogens (tertiary/aromatic N) is 1. The van der Waals surface area contributed by atoms with Gasteiger partial charge in [0.15, 0.2) is 0 Å². The molecular formula is C23H23ClN2O3. The van der Waals surface area contributed by atoms with Crippen LogP contribution in [0.5, 0.6) is 17.4 Å². The van der Waals surface area contributed by atoms with Crippen LogP contribution in [0.15, 0.2) is 66.9 Å². The molecule has 0 saturated carbocycles. The van der Waals surface area contributed by atoms with Gasteiger partial charge in [-0.15, -0.1) is 0 Å². The van der Waals surface area contributed by atoms with Crippen LogP contribution in [0.4, 0.5) is 0 Å². The van der Waals surface area contributed by atoms with Gasteiger partial charge >= 0.3 is 0 Å². The first kappa shape index (κ1) is 20.7. The highest BCUT2D eigenvalue weighted by molar-refractivity contribution is 6.30. The van der Waals surface area contributed by atoms with Crippen molar-refractivity contribution in [1.82, 2.24) is 10.3 Å². The normalized spacial score (nSPS) is 10.4. The molecular weight excluding hydrogens is 388 g/mol. The Hall–Kier alpha value is -3.05. The van der Waals surface area contributed by atoms with Crippen LogP contribution in [0, 0.1) is 0 Å². The first-order valence-electron chi connectivity index (χ1n) is 9.49. The molecule has 0 aliphatic rings. The van der Waals surface area contributed by atoms with E-state index in [0.29, 0.717) is 42.6 Å². The van der Waals surface area contributed by atoms with Crippen molar-refractivity contribution in [3.05, 3.63) is 83.0 Å². The molecule has 0 radical (unpaired) electrons. The van der Waals surface area contributed by atoms with Crippen LogP contribution in [0.25, 0.3) is 0 Å². The Bertz CT molecular complexity index is 945. The zero-order chi connectivity index (χ0) is 20.5. The smallest absolute Gasteiger partial charge is 0.220 e. The van der Waals surface area contributed by atoms with Crippen LogP contribution >= 0.6 is 11.6 Å². The Morgan fingerprint density at radius 3 is 2.59 bits per heavy atom. The van der Waals surface area contributed by atoms with Gasteiger partial charge in [0, 0.05) is 30.3 Å². The summed E-state index contributed by atoms with van der Waals surface area (Å²) in [6.07, 6.45) is 2.72. The number of ether oxygens (including phenoxy) is 2. The third kappa shape index (κ3) is 6.80. The molecule has 1 N–H and O–H groups in total. The summed E-state index contributed by atoms with van der Waals surface area (Å²) in [4.78, 5) is 16.4. The molecule has 0 saturated heterocycles. The van der Waals surface area contributed by atoms with Gasteiger partial charge in [-0.2, -0.15) is 0 Å². The van der Waals surface area contributed by atoms with E-state index in [1.165, 1.54) is 0 Å². The lowest BCUT2D eigenvalue weighted by Crippen LogP contribution is -2.23. The van der Waals surface area contributed by atoms with Crippen LogP contribution in [-0.2, 0) is 17.8 Å². The Balaban J connectivity index is 1.49. The lowest BCUT2D eigenvalue weighted by Gasteiger charge is -2.09. The van der Waals surface area contributed by atoms with Crippen molar-refractivity contribution in [1.29, 1.82) is 0 Å². The van der Waals surface area contributed by atoms with E-state index in [2.05, 4.69) is 10.3 Å². The predicted molar refractivity (Wildman–Crippen MR) is 114 cm³/mol. The Kier molecular flexibility index (Phi) is 7.47. The van der Waals surface area contributed by atoms with Gasteiger partial charge in [-0.3, -0.25) is 4.79 Å². The molecule has 5 nitrogen and oxygen atoms in total. The van der Waals surface area contributed by atoms with Gasteiger partial charge < -0.3 is 14.8 Å². The maximum Gasteiger partial charge on any atom is 0.220 e. The quantitative estimate of drug-likeness (QED) is 0.528. The molecule has 3 rings (SSSR count). The molecule has 29 heavy (non-hydrogen) atoms. The van der Waals surface area contributed by atoms with Crippen molar-refractivity contribution in [2.75, 3.05) is 6.61 Å². The molecule has 0 aliphatic carbocycles. The second-order valence-electron chi connectivity index (χ2n) is 6.42. The van der Waals surface area contributed by atoms with E-state index in [-0.39, 0.29) is 5.91 Å². The first-order valence-corrected chi connectivity index (χ1v) is 9.87. The molecule has 3 aromatic rings. The van der Waals surface area contributed by atoms with Crippen molar-refractivity contribution >= 4 is 17.5 Å². The number of benzene rings is 2. The molecule has 0 bridgehead atoms.